The van der Waals surface area contributed by atoms with Gasteiger partial charge in [0.25, 0.3) is 0 Å². The first-order valence-electron chi connectivity index (χ1n) is 9.04. The summed E-state index contributed by atoms with van der Waals surface area (Å²) in [6.45, 7) is 1.66. The zero-order valence-corrected chi connectivity index (χ0v) is 15.2. The van der Waals surface area contributed by atoms with Crippen LogP contribution in [-0.4, -0.2) is 17.9 Å². The fourth-order valence-electron chi connectivity index (χ4n) is 4.56. The highest BCUT2D eigenvalue weighted by Crippen LogP contribution is 2.69. The molecular weight excluding hydrogens is 318 g/mol. The maximum atomic E-state index is 12.5. The van der Waals surface area contributed by atoms with Crippen molar-refractivity contribution in [2.24, 2.45) is 0 Å². The minimum absolute atomic E-state index is 0.0857. The molecule has 0 aromatic heterocycles. The standard InChI is InChI=1S/C24H23NO/c1-19(26)25(2)24(22-16-10-5-11-17-22)18-23(24,20-12-6-3-7-13-20)21-14-8-4-9-15-21/h3-17H,18H2,1-2H3. The largest absolute Gasteiger partial charge is 0.335 e. The van der Waals surface area contributed by atoms with Gasteiger partial charge in [0.15, 0.2) is 0 Å². The summed E-state index contributed by atoms with van der Waals surface area (Å²) < 4.78 is 0. The molecule has 1 fully saturated rings. The van der Waals surface area contributed by atoms with Gasteiger partial charge in [0.05, 0.1) is 11.0 Å². The molecular formula is C24H23NO. The van der Waals surface area contributed by atoms with Gasteiger partial charge in [-0.25, -0.2) is 0 Å². The first kappa shape index (κ1) is 16.6. The summed E-state index contributed by atoms with van der Waals surface area (Å²) in [6.07, 6.45) is 0.883. The van der Waals surface area contributed by atoms with Gasteiger partial charge in [-0.3, -0.25) is 4.79 Å². The fourth-order valence-corrected chi connectivity index (χ4v) is 4.56. The first-order valence-corrected chi connectivity index (χ1v) is 9.04. The number of carbonyl (C=O) groups excluding carboxylic acids is 1. The van der Waals surface area contributed by atoms with E-state index in [4.69, 9.17) is 0 Å². The number of rotatable bonds is 4. The number of nitrogens with zero attached hydrogens (tertiary/aromatic N) is 1. The van der Waals surface area contributed by atoms with E-state index in [-0.39, 0.29) is 16.9 Å². The second-order valence-electron chi connectivity index (χ2n) is 7.12. The third-order valence-electron chi connectivity index (χ3n) is 5.93. The van der Waals surface area contributed by atoms with E-state index >= 15 is 0 Å². The minimum Gasteiger partial charge on any atom is -0.335 e. The van der Waals surface area contributed by atoms with Crippen LogP contribution in [0.4, 0.5) is 0 Å². The molecule has 0 N–H and O–H groups in total. The third kappa shape index (κ3) is 2.22. The van der Waals surface area contributed by atoms with Crippen LogP contribution in [0.15, 0.2) is 91.0 Å². The van der Waals surface area contributed by atoms with Crippen molar-refractivity contribution < 1.29 is 4.79 Å². The van der Waals surface area contributed by atoms with Crippen LogP contribution in [0.3, 0.4) is 0 Å². The van der Waals surface area contributed by atoms with Crippen molar-refractivity contribution in [1.82, 2.24) is 4.90 Å². The highest BCUT2D eigenvalue weighted by molar-refractivity contribution is 5.77. The summed E-state index contributed by atoms with van der Waals surface area (Å²) in [5.41, 5.74) is 3.08. The van der Waals surface area contributed by atoms with E-state index in [9.17, 15) is 4.79 Å². The van der Waals surface area contributed by atoms with Crippen LogP contribution < -0.4 is 0 Å². The summed E-state index contributed by atoms with van der Waals surface area (Å²) in [7, 11) is 1.93. The number of likely N-dealkylation sites (N-methyl/N-ethyl adjacent to an activating group) is 1. The fraction of sp³-hybridized carbons (Fsp3) is 0.208. The minimum atomic E-state index is -0.372. The number of benzene rings is 3. The third-order valence-corrected chi connectivity index (χ3v) is 5.93. The molecule has 1 amide bonds. The van der Waals surface area contributed by atoms with Crippen molar-refractivity contribution >= 4 is 5.91 Å². The van der Waals surface area contributed by atoms with E-state index in [0.29, 0.717) is 0 Å². The van der Waals surface area contributed by atoms with Gasteiger partial charge in [0, 0.05) is 14.0 Å². The molecule has 0 radical (unpaired) electrons. The van der Waals surface area contributed by atoms with Gasteiger partial charge in [-0.2, -0.15) is 0 Å². The van der Waals surface area contributed by atoms with E-state index in [1.165, 1.54) is 16.7 Å². The van der Waals surface area contributed by atoms with Crippen LogP contribution in [0.5, 0.6) is 0 Å². The van der Waals surface area contributed by atoms with Crippen LogP contribution in [0.25, 0.3) is 0 Å². The molecule has 1 aliphatic carbocycles. The lowest BCUT2D eigenvalue weighted by Crippen LogP contribution is -2.41. The normalized spacial score (nSPS) is 20.4. The molecule has 2 nitrogen and oxygen atoms in total. The molecule has 0 saturated heterocycles. The van der Waals surface area contributed by atoms with Crippen molar-refractivity contribution in [3.8, 4) is 0 Å². The molecule has 0 bridgehead atoms. The molecule has 1 unspecified atom stereocenters. The monoisotopic (exact) mass is 341 g/mol. The highest BCUT2D eigenvalue weighted by Gasteiger charge is 2.72. The van der Waals surface area contributed by atoms with Crippen molar-refractivity contribution in [3.63, 3.8) is 0 Å². The van der Waals surface area contributed by atoms with E-state index in [2.05, 4.69) is 72.8 Å². The Bertz CT molecular complexity index is 865. The van der Waals surface area contributed by atoms with Crippen molar-refractivity contribution in [2.75, 3.05) is 7.05 Å². The Morgan fingerprint density at radius 2 is 1.12 bits per heavy atom. The molecule has 3 aromatic rings. The van der Waals surface area contributed by atoms with Crippen LogP contribution in [-0.2, 0) is 15.7 Å². The Hall–Kier alpha value is -2.87. The predicted octanol–water partition coefficient (Wildman–Crippen LogP) is 4.75. The zero-order valence-electron chi connectivity index (χ0n) is 15.2. The van der Waals surface area contributed by atoms with Gasteiger partial charge < -0.3 is 4.90 Å². The topological polar surface area (TPSA) is 20.3 Å². The van der Waals surface area contributed by atoms with Gasteiger partial charge in [-0.15, -0.1) is 0 Å². The molecule has 0 heterocycles. The second-order valence-corrected chi connectivity index (χ2v) is 7.12. The van der Waals surface area contributed by atoms with Gasteiger partial charge in [0.2, 0.25) is 5.91 Å². The lowest BCUT2D eigenvalue weighted by atomic mass is 9.80. The molecule has 1 atom stereocenters. The lowest BCUT2D eigenvalue weighted by Gasteiger charge is -2.35. The van der Waals surface area contributed by atoms with E-state index in [1.54, 1.807) is 6.92 Å². The van der Waals surface area contributed by atoms with E-state index in [0.717, 1.165) is 6.42 Å². The Morgan fingerprint density at radius 3 is 1.50 bits per heavy atom. The molecule has 26 heavy (non-hydrogen) atoms. The average Bonchev–Trinajstić information content (AvgIpc) is 3.42. The molecule has 3 aromatic carbocycles. The van der Waals surface area contributed by atoms with Gasteiger partial charge >= 0.3 is 0 Å². The predicted molar refractivity (Wildman–Crippen MR) is 105 cm³/mol. The maximum Gasteiger partial charge on any atom is 0.219 e. The summed E-state index contributed by atoms with van der Waals surface area (Å²) in [6, 6.07) is 31.6. The number of carbonyl (C=O) groups is 1. The van der Waals surface area contributed by atoms with Gasteiger partial charge in [0.1, 0.15) is 0 Å². The Labute approximate surface area is 155 Å². The Balaban J connectivity index is 2.00. The molecule has 1 saturated carbocycles. The number of hydrogen-bond acceptors (Lipinski definition) is 1. The van der Waals surface area contributed by atoms with Crippen LogP contribution in [0.2, 0.25) is 0 Å². The lowest BCUT2D eigenvalue weighted by molar-refractivity contribution is -0.131. The SMILES string of the molecule is CC(=O)N(C)C1(c2ccccc2)CC1(c1ccccc1)c1ccccc1. The van der Waals surface area contributed by atoms with Crippen molar-refractivity contribution in [2.45, 2.75) is 24.3 Å². The quantitative estimate of drug-likeness (QED) is 0.670. The Kier molecular flexibility index (Phi) is 3.91. The Morgan fingerprint density at radius 1 is 0.731 bits per heavy atom. The molecule has 4 rings (SSSR count). The van der Waals surface area contributed by atoms with Crippen molar-refractivity contribution in [3.05, 3.63) is 108 Å². The summed E-state index contributed by atoms with van der Waals surface area (Å²) >= 11 is 0. The zero-order chi connectivity index (χ0) is 18.2. The van der Waals surface area contributed by atoms with E-state index in [1.807, 2.05) is 30.1 Å². The van der Waals surface area contributed by atoms with Crippen LogP contribution in [0, 0.1) is 0 Å². The number of hydrogen-bond donors (Lipinski definition) is 0. The van der Waals surface area contributed by atoms with Gasteiger partial charge in [-0.1, -0.05) is 91.0 Å². The first-order chi connectivity index (χ1) is 12.6. The molecule has 1 aliphatic rings. The van der Waals surface area contributed by atoms with Crippen LogP contribution in [0.1, 0.15) is 30.0 Å². The smallest absolute Gasteiger partial charge is 0.219 e. The molecule has 0 aliphatic heterocycles. The van der Waals surface area contributed by atoms with E-state index < -0.39 is 0 Å². The van der Waals surface area contributed by atoms with Crippen molar-refractivity contribution in [1.29, 1.82) is 0 Å². The molecule has 2 heteroatoms. The molecule has 130 valence electrons. The average molecular weight is 341 g/mol. The van der Waals surface area contributed by atoms with Gasteiger partial charge in [-0.05, 0) is 23.1 Å². The highest BCUT2D eigenvalue weighted by atomic mass is 16.2. The summed E-state index contributed by atoms with van der Waals surface area (Å²) in [5.74, 6) is 0.0857. The second kappa shape index (κ2) is 6.14. The van der Waals surface area contributed by atoms with Crippen LogP contribution >= 0.6 is 0 Å². The molecule has 0 spiro atoms. The number of amides is 1. The summed E-state index contributed by atoms with van der Waals surface area (Å²) in [5, 5.41) is 0. The maximum absolute atomic E-state index is 12.5. The summed E-state index contributed by atoms with van der Waals surface area (Å²) in [4.78, 5) is 14.4.